The Balaban J connectivity index is 0. The second-order valence-corrected chi connectivity index (χ2v) is 1.96. The van der Waals surface area contributed by atoms with Crippen molar-refractivity contribution in [1.29, 1.82) is 0 Å². The summed E-state index contributed by atoms with van der Waals surface area (Å²) in [6, 6.07) is 0. The third-order valence-electron chi connectivity index (χ3n) is 0.919. The molecule has 0 saturated carbocycles. The molecular formula is C7H15NO6. The van der Waals surface area contributed by atoms with E-state index in [-0.39, 0.29) is 0 Å². The van der Waals surface area contributed by atoms with Gasteiger partial charge in [-0.15, -0.1) is 0 Å². The van der Waals surface area contributed by atoms with Crippen LogP contribution in [0.3, 0.4) is 0 Å². The Kier molecular flexibility index (Phi) is 10.3. The van der Waals surface area contributed by atoms with E-state index < -0.39 is 30.8 Å². The number of primary amides is 1. The van der Waals surface area contributed by atoms with Crippen LogP contribution in [0.1, 0.15) is 6.92 Å². The number of hydrogen-bond donors (Lipinski definition) is 5. The molecule has 0 bridgehead atoms. The van der Waals surface area contributed by atoms with Crippen LogP contribution in [0.4, 0.5) is 4.79 Å². The zero-order valence-corrected chi connectivity index (χ0v) is 7.80. The van der Waals surface area contributed by atoms with E-state index in [0.717, 1.165) is 0 Å². The van der Waals surface area contributed by atoms with Crippen molar-refractivity contribution in [2.75, 3.05) is 19.8 Å². The van der Waals surface area contributed by atoms with Crippen LogP contribution in [0.5, 0.6) is 0 Å². The van der Waals surface area contributed by atoms with Gasteiger partial charge in [-0.2, -0.15) is 0 Å². The minimum atomic E-state index is -0.711. The first-order valence-corrected chi connectivity index (χ1v) is 3.73. The zero-order valence-electron chi connectivity index (χ0n) is 7.80. The molecular weight excluding hydrogens is 194 g/mol. The average molecular weight is 209 g/mol. The Hall–Kier alpha value is -1.47. The summed E-state index contributed by atoms with van der Waals surface area (Å²) in [7, 11) is 0. The summed E-state index contributed by atoms with van der Waals surface area (Å²) in [5.74, 6) is -1.18. The smallest absolute Gasteiger partial charge is 0.404 e. The second-order valence-electron chi connectivity index (χ2n) is 1.96. The molecule has 0 aliphatic heterocycles. The molecule has 0 atom stereocenters. The number of aliphatic hydroxyl groups is 4. The van der Waals surface area contributed by atoms with Crippen molar-refractivity contribution in [3.8, 4) is 0 Å². The van der Waals surface area contributed by atoms with Crippen molar-refractivity contribution in [3.63, 3.8) is 0 Å². The normalized spacial score (nSPS) is 10.8. The Morgan fingerprint density at radius 1 is 1.21 bits per heavy atom. The molecule has 7 nitrogen and oxygen atoms in total. The molecule has 14 heavy (non-hydrogen) atoms. The van der Waals surface area contributed by atoms with Crippen LogP contribution in [-0.2, 0) is 4.74 Å². The van der Waals surface area contributed by atoms with Gasteiger partial charge < -0.3 is 30.9 Å². The molecule has 7 heteroatoms. The van der Waals surface area contributed by atoms with Gasteiger partial charge in [-0.05, 0) is 6.92 Å². The maximum absolute atomic E-state index is 9.60. The van der Waals surface area contributed by atoms with Crippen LogP contribution in [0.25, 0.3) is 0 Å². The number of carbonyl (C=O) groups excluding carboxylic acids is 1. The van der Waals surface area contributed by atoms with Gasteiger partial charge in [-0.25, -0.2) is 4.79 Å². The highest BCUT2D eigenvalue weighted by molar-refractivity contribution is 5.64. The fraction of sp³-hybridized carbons (Fsp3) is 0.571. The van der Waals surface area contributed by atoms with Crippen LogP contribution < -0.4 is 5.73 Å². The van der Waals surface area contributed by atoms with E-state index >= 15 is 0 Å². The van der Waals surface area contributed by atoms with Crippen LogP contribution in [0.15, 0.2) is 11.5 Å². The lowest BCUT2D eigenvalue weighted by Gasteiger charge is -1.95. The molecule has 0 unspecified atom stereocenters. The van der Waals surface area contributed by atoms with Gasteiger partial charge in [-0.1, -0.05) is 0 Å². The quantitative estimate of drug-likeness (QED) is 0.394. The average Bonchev–Trinajstić information content (AvgIpc) is 2.16. The van der Waals surface area contributed by atoms with E-state index in [2.05, 4.69) is 10.5 Å². The predicted octanol–water partition coefficient (Wildman–Crippen LogP) is -0.600. The lowest BCUT2D eigenvalue weighted by atomic mass is 10.4. The molecule has 0 aromatic heterocycles. The molecule has 1 amide bonds. The van der Waals surface area contributed by atoms with Gasteiger partial charge >= 0.3 is 6.09 Å². The standard InChI is InChI=1S/C4H8O4.C3H7NO2/c5-1-3(7)4(8)2-6;1-2-6-3(4)5/h5-8H,1-2H2;2H2,1H3,(H2,4,5). The van der Waals surface area contributed by atoms with Crippen molar-refractivity contribution < 1.29 is 30.0 Å². The van der Waals surface area contributed by atoms with E-state index in [1.807, 2.05) is 0 Å². The number of rotatable bonds is 3. The Bertz CT molecular complexity index is 179. The Morgan fingerprint density at radius 3 is 1.64 bits per heavy atom. The van der Waals surface area contributed by atoms with E-state index in [9.17, 15) is 4.79 Å². The summed E-state index contributed by atoms with van der Waals surface area (Å²) < 4.78 is 4.18. The summed E-state index contributed by atoms with van der Waals surface area (Å²) in [6.07, 6.45) is -0.711. The number of amides is 1. The highest BCUT2D eigenvalue weighted by Gasteiger charge is 1.97. The van der Waals surface area contributed by atoms with Crippen LogP contribution in [0, 0.1) is 0 Å². The molecule has 0 fully saturated rings. The molecule has 0 aromatic carbocycles. The van der Waals surface area contributed by atoms with Gasteiger partial charge in [0, 0.05) is 0 Å². The molecule has 0 aromatic rings. The third kappa shape index (κ3) is 10.5. The second kappa shape index (κ2) is 9.62. The van der Waals surface area contributed by atoms with Crippen molar-refractivity contribution in [1.82, 2.24) is 0 Å². The number of ether oxygens (including phenoxy) is 1. The van der Waals surface area contributed by atoms with Crippen molar-refractivity contribution >= 4 is 6.09 Å². The molecule has 0 saturated heterocycles. The molecule has 84 valence electrons. The number of aliphatic hydroxyl groups excluding tert-OH is 4. The lowest BCUT2D eigenvalue weighted by Crippen LogP contribution is -2.11. The fourth-order valence-corrected chi connectivity index (χ4v) is 0.325. The highest BCUT2D eigenvalue weighted by atomic mass is 16.5. The summed E-state index contributed by atoms with van der Waals surface area (Å²) in [4.78, 5) is 9.60. The van der Waals surface area contributed by atoms with Crippen molar-refractivity contribution in [3.05, 3.63) is 11.5 Å². The van der Waals surface area contributed by atoms with Crippen LogP contribution in [-0.4, -0.2) is 46.3 Å². The summed E-state index contributed by atoms with van der Waals surface area (Å²) in [5.41, 5.74) is 4.54. The van der Waals surface area contributed by atoms with E-state index in [4.69, 9.17) is 20.4 Å². The SMILES string of the molecule is CCOC(N)=O.OCC(O)=C(O)CO. The Labute approximate surface area is 81.0 Å². The van der Waals surface area contributed by atoms with Gasteiger partial charge in [0.2, 0.25) is 0 Å². The lowest BCUT2D eigenvalue weighted by molar-refractivity contribution is 0.163. The first-order chi connectivity index (χ1) is 6.49. The van der Waals surface area contributed by atoms with Crippen molar-refractivity contribution in [2.24, 2.45) is 5.73 Å². The van der Waals surface area contributed by atoms with E-state index in [1.165, 1.54) is 0 Å². The van der Waals surface area contributed by atoms with E-state index in [1.54, 1.807) is 6.92 Å². The fourth-order valence-electron chi connectivity index (χ4n) is 0.325. The maximum Gasteiger partial charge on any atom is 0.404 e. The molecule has 0 radical (unpaired) electrons. The van der Waals surface area contributed by atoms with Gasteiger partial charge in [0.1, 0.15) is 13.2 Å². The summed E-state index contributed by atoms with van der Waals surface area (Å²) in [6.45, 7) is 0.763. The predicted molar refractivity (Wildman–Crippen MR) is 47.7 cm³/mol. The monoisotopic (exact) mass is 209 g/mol. The van der Waals surface area contributed by atoms with Crippen LogP contribution in [0.2, 0.25) is 0 Å². The molecule has 0 aliphatic carbocycles. The Morgan fingerprint density at radius 2 is 1.57 bits per heavy atom. The summed E-state index contributed by atoms with van der Waals surface area (Å²) >= 11 is 0. The first-order valence-electron chi connectivity index (χ1n) is 3.73. The maximum atomic E-state index is 9.60. The van der Waals surface area contributed by atoms with Gasteiger partial charge in [-0.3, -0.25) is 0 Å². The molecule has 0 rings (SSSR count). The number of nitrogens with two attached hydrogens (primary N) is 1. The van der Waals surface area contributed by atoms with Crippen LogP contribution >= 0.6 is 0 Å². The molecule has 0 aliphatic rings. The summed E-state index contributed by atoms with van der Waals surface area (Å²) in [5, 5.41) is 32.8. The minimum Gasteiger partial charge on any atom is -0.506 e. The number of carbonyl (C=O) groups is 1. The first kappa shape index (κ1) is 15.0. The molecule has 0 spiro atoms. The molecule has 0 heterocycles. The molecule has 6 N–H and O–H groups in total. The zero-order chi connectivity index (χ0) is 11.6. The topological polar surface area (TPSA) is 133 Å². The van der Waals surface area contributed by atoms with E-state index in [0.29, 0.717) is 6.61 Å². The minimum absolute atomic E-state index is 0.356. The van der Waals surface area contributed by atoms with Gasteiger partial charge in [0.15, 0.2) is 11.5 Å². The van der Waals surface area contributed by atoms with Gasteiger partial charge in [0.05, 0.1) is 6.61 Å². The largest absolute Gasteiger partial charge is 0.506 e. The number of hydrogen-bond acceptors (Lipinski definition) is 6. The third-order valence-corrected chi connectivity index (χ3v) is 0.919. The van der Waals surface area contributed by atoms with Crippen molar-refractivity contribution in [2.45, 2.75) is 6.92 Å². The van der Waals surface area contributed by atoms with Gasteiger partial charge in [0.25, 0.3) is 0 Å². The highest BCUT2D eigenvalue weighted by Crippen LogP contribution is 1.92.